The van der Waals surface area contributed by atoms with Crippen LogP contribution in [-0.4, -0.2) is 18.0 Å². The molecule has 0 bridgehead atoms. The van der Waals surface area contributed by atoms with E-state index in [2.05, 4.69) is 12.2 Å². The second kappa shape index (κ2) is 7.83. The Hall–Kier alpha value is -2.14. The van der Waals surface area contributed by atoms with Gasteiger partial charge in [-0.1, -0.05) is 31.5 Å². The molecule has 0 saturated heterocycles. The third-order valence-corrected chi connectivity index (χ3v) is 5.87. The summed E-state index contributed by atoms with van der Waals surface area (Å²) in [6, 6.07) is 11.1. The molecule has 2 aromatic rings. The highest BCUT2D eigenvalue weighted by atomic mass is 32.1. The Morgan fingerprint density at radius 1 is 1.32 bits per heavy atom. The van der Waals surface area contributed by atoms with Gasteiger partial charge in [0.1, 0.15) is 4.88 Å². The van der Waals surface area contributed by atoms with Crippen LogP contribution in [0.15, 0.2) is 36.4 Å². The minimum absolute atomic E-state index is 0.327. The van der Waals surface area contributed by atoms with E-state index in [0.717, 1.165) is 12.8 Å². The van der Waals surface area contributed by atoms with Crippen molar-refractivity contribution >= 4 is 28.9 Å². The number of amides is 1. The Morgan fingerprint density at radius 3 is 2.80 bits per heavy atom. The summed E-state index contributed by atoms with van der Waals surface area (Å²) >= 11 is 1.51. The summed E-state index contributed by atoms with van der Waals surface area (Å²) < 4.78 is 5.36. The summed E-state index contributed by atoms with van der Waals surface area (Å²) in [6.45, 7) is 3.81. The predicted octanol–water partition coefficient (Wildman–Crippen LogP) is 4.45. The number of esters is 1. The number of nitrogens with one attached hydrogen (secondary N) is 1. The van der Waals surface area contributed by atoms with Gasteiger partial charge in [-0.2, -0.15) is 0 Å². The molecule has 0 radical (unpaired) electrons. The molecule has 1 heterocycles. The van der Waals surface area contributed by atoms with Crippen LogP contribution in [0.2, 0.25) is 0 Å². The van der Waals surface area contributed by atoms with Crippen molar-refractivity contribution in [3.63, 3.8) is 0 Å². The molecule has 0 saturated carbocycles. The Bertz CT molecular complexity index is 754. The molecule has 2 atom stereocenters. The number of para-hydroxylation sites is 1. The topological polar surface area (TPSA) is 55.4 Å². The minimum Gasteiger partial charge on any atom is -0.448 e. The lowest BCUT2D eigenvalue weighted by atomic mass is 9.87. The maximum Gasteiger partial charge on any atom is 0.349 e. The largest absolute Gasteiger partial charge is 0.448 e. The van der Waals surface area contributed by atoms with Gasteiger partial charge in [0, 0.05) is 10.6 Å². The number of hydrogen-bond acceptors (Lipinski definition) is 4. The van der Waals surface area contributed by atoms with Crippen molar-refractivity contribution in [2.45, 2.75) is 45.6 Å². The van der Waals surface area contributed by atoms with Gasteiger partial charge < -0.3 is 10.1 Å². The zero-order valence-electron chi connectivity index (χ0n) is 14.6. The first-order valence-electron chi connectivity index (χ1n) is 8.75. The SMILES string of the molecule is CC[C@H]1CCc2sc(C(=O)O[C@H](C)C(=O)Nc3ccccc3)cc2C1. The second-order valence-corrected chi connectivity index (χ2v) is 7.62. The fourth-order valence-corrected chi connectivity index (χ4v) is 4.18. The Morgan fingerprint density at radius 2 is 2.08 bits per heavy atom. The van der Waals surface area contributed by atoms with Gasteiger partial charge in [0.05, 0.1) is 0 Å². The van der Waals surface area contributed by atoms with Crippen molar-refractivity contribution in [1.82, 2.24) is 0 Å². The second-order valence-electron chi connectivity index (χ2n) is 6.48. The molecule has 1 aromatic heterocycles. The molecule has 4 nitrogen and oxygen atoms in total. The van der Waals surface area contributed by atoms with Crippen LogP contribution in [0.4, 0.5) is 5.69 Å². The number of benzene rings is 1. The fourth-order valence-electron chi connectivity index (χ4n) is 3.09. The third-order valence-electron chi connectivity index (χ3n) is 4.66. The highest BCUT2D eigenvalue weighted by molar-refractivity contribution is 7.14. The summed E-state index contributed by atoms with van der Waals surface area (Å²) in [5, 5.41) is 2.75. The molecule has 1 aliphatic carbocycles. The first kappa shape index (κ1) is 17.7. The highest BCUT2D eigenvalue weighted by Crippen LogP contribution is 2.33. The lowest BCUT2D eigenvalue weighted by molar-refractivity contribution is -0.123. The maximum atomic E-state index is 12.4. The molecule has 1 aromatic carbocycles. The molecule has 1 amide bonds. The summed E-state index contributed by atoms with van der Waals surface area (Å²) in [4.78, 5) is 26.4. The van der Waals surface area contributed by atoms with E-state index < -0.39 is 12.1 Å². The van der Waals surface area contributed by atoms with Crippen LogP contribution in [0.1, 0.15) is 46.8 Å². The van der Waals surface area contributed by atoms with E-state index in [-0.39, 0.29) is 5.91 Å². The molecular formula is C20H23NO3S. The number of anilines is 1. The molecule has 1 aliphatic rings. The van der Waals surface area contributed by atoms with Crippen LogP contribution < -0.4 is 5.32 Å². The average Bonchev–Trinajstić information content (AvgIpc) is 3.05. The molecule has 3 rings (SSSR count). The molecule has 132 valence electrons. The number of hydrogen-bond donors (Lipinski definition) is 1. The molecule has 25 heavy (non-hydrogen) atoms. The summed E-state index contributed by atoms with van der Waals surface area (Å²) in [5.74, 6) is -0.0309. The van der Waals surface area contributed by atoms with Gasteiger partial charge in [0.15, 0.2) is 6.10 Å². The van der Waals surface area contributed by atoms with Crippen molar-refractivity contribution in [1.29, 1.82) is 0 Å². The van der Waals surface area contributed by atoms with Gasteiger partial charge >= 0.3 is 5.97 Å². The molecule has 0 aliphatic heterocycles. The zero-order valence-corrected chi connectivity index (χ0v) is 15.4. The lowest BCUT2D eigenvalue weighted by Gasteiger charge is -2.19. The number of carbonyl (C=O) groups excluding carboxylic acids is 2. The molecule has 0 fully saturated rings. The summed E-state index contributed by atoms with van der Waals surface area (Å²) in [7, 11) is 0. The number of aryl methyl sites for hydroxylation is 1. The van der Waals surface area contributed by atoms with Crippen molar-refractivity contribution in [2.24, 2.45) is 5.92 Å². The first-order valence-corrected chi connectivity index (χ1v) is 9.57. The predicted molar refractivity (Wildman–Crippen MR) is 100 cm³/mol. The van der Waals surface area contributed by atoms with Crippen molar-refractivity contribution in [2.75, 3.05) is 5.32 Å². The molecular weight excluding hydrogens is 334 g/mol. The van der Waals surface area contributed by atoms with E-state index in [1.165, 1.54) is 34.6 Å². The van der Waals surface area contributed by atoms with Crippen molar-refractivity contribution in [3.05, 3.63) is 51.7 Å². The molecule has 5 heteroatoms. The number of thiophene rings is 1. The fraction of sp³-hybridized carbons (Fsp3) is 0.400. The lowest BCUT2D eigenvalue weighted by Crippen LogP contribution is -2.29. The monoisotopic (exact) mass is 357 g/mol. The van der Waals surface area contributed by atoms with E-state index >= 15 is 0 Å². The van der Waals surface area contributed by atoms with E-state index in [0.29, 0.717) is 16.5 Å². The van der Waals surface area contributed by atoms with Gasteiger partial charge in [-0.25, -0.2) is 4.79 Å². The Labute approximate surface area is 152 Å². The Balaban J connectivity index is 1.60. The van der Waals surface area contributed by atoms with Crippen LogP contribution in [0.5, 0.6) is 0 Å². The molecule has 0 spiro atoms. The minimum atomic E-state index is -0.838. The Kier molecular flexibility index (Phi) is 5.53. The normalized spacial score (nSPS) is 17.4. The average molecular weight is 357 g/mol. The van der Waals surface area contributed by atoms with E-state index in [1.807, 2.05) is 24.3 Å². The molecule has 1 N–H and O–H groups in total. The number of fused-ring (bicyclic) bond motifs is 1. The highest BCUT2D eigenvalue weighted by Gasteiger charge is 2.25. The quantitative estimate of drug-likeness (QED) is 0.805. The van der Waals surface area contributed by atoms with Gasteiger partial charge in [-0.15, -0.1) is 11.3 Å². The summed E-state index contributed by atoms with van der Waals surface area (Å²) in [5.41, 5.74) is 1.96. The van der Waals surface area contributed by atoms with Gasteiger partial charge in [0.25, 0.3) is 5.91 Å². The van der Waals surface area contributed by atoms with Crippen LogP contribution in [0, 0.1) is 5.92 Å². The summed E-state index contributed by atoms with van der Waals surface area (Å²) in [6.07, 6.45) is 3.60. The van der Waals surface area contributed by atoms with Crippen LogP contribution in [-0.2, 0) is 22.4 Å². The standard InChI is InChI=1S/C20H23NO3S/c1-3-14-9-10-17-15(11-14)12-18(25-17)20(23)24-13(2)19(22)21-16-7-5-4-6-8-16/h4-8,12-14H,3,9-11H2,1-2H3,(H,21,22)/t13-,14+/m1/s1. The number of ether oxygens (including phenoxy) is 1. The van der Waals surface area contributed by atoms with Crippen LogP contribution >= 0.6 is 11.3 Å². The molecule has 0 unspecified atom stereocenters. The zero-order chi connectivity index (χ0) is 17.8. The first-order chi connectivity index (χ1) is 12.1. The smallest absolute Gasteiger partial charge is 0.349 e. The third kappa shape index (κ3) is 4.28. The van der Waals surface area contributed by atoms with E-state index in [9.17, 15) is 9.59 Å². The van der Waals surface area contributed by atoms with E-state index in [4.69, 9.17) is 4.74 Å². The van der Waals surface area contributed by atoms with Crippen molar-refractivity contribution < 1.29 is 14.3 Å². The van der Waals surface area contributed by atoms with Gasteiger partial charge in [0.2, 0.25) is 0 Å². The van der Waals surface area contributed by atoms with Gasteiger partial charge in [-0.05, 0) is 55.9 Å². The van der Waals surface area contributed by atoms with Crippen LogP contribution in [0.3, 0.4) is 0 Å². The maximum absolute atomic E-state index is 12.4. The number of rotatable bonds is 5. The van der Waals surface area contributed by atoms with Crippen LogP contribution in [0.25, 0.3) is 0 Å². The van der Waals surface area contributed by atoms with Crippen molar-refractivity contribution in [3.8, 4) is 0 Å². The van der Waals surface area contributed by atoms with E-state index in [1.54, 1.807) is 19.1 Å². The van der Waals surface area contributed by atoms with Gasteiger partial charge in [-0.3, -0.25) is 4.79 Å². The number of carbonyl (C=O) groups is 2.